The average molecular weight is 280 g/mol. The van der Waals surface area contributed by atoms with Crippen LogP contribution in [-0.4, -0.2) is 10.6 Å². The first-order valence-corrected chi connectivity index (χ1v) is 6.30. The molecule has 1 aliphatic heterocycles. The van der Waals surface area contributed by atoms with Crippen LogP contribution in [0.2, 0.25) is 0 Å². The maximum atomic E-state index is 11.2. The van der Waals surface area contributed by atoms with E-state index in [0.29, 0.717) is 22.5 Å². The van der Waals surface area contributed by atoms with Gasteiger partial charge in [0.1, 0.15) is 0 Å². The molecule has 1 aromatic rings. The van der Waals surface area contributed by atoms with Crippen LogP contribution in [0.25, 0.3) is 0 Å². The van der Waals surface area contributed by atoms with Gasteiger partial charge in [0, 0.05) is 23.3 Å². The Morgan fingerprint density at radius 3 is 2.52 bits per heavy atom. The lowest BCUT2D eigenvalue weighted by Gasteiger charge is -2.26. The van der Waals surface area contributed by atoms with E-state index in [1.165, 1.54) is 6.07 Å². The number of hydrogen-bond acceptors (Lipinski definition) is 5. The van der Waals surface area contributed by atoms with Gasteiger partial charge in [-0.05, 0) is 13.8 Å². The molecular weight excluding hydrogens is 268 g/mol. The molecule has 0 bridgehead atoms. The Bertz CT molecular complexity index is 750. The van der Waals surface area contributed by atoms with Gasteiger partial charge in [0.2, 0.25) is 0 Å². The van der Waals surface area contributed by atoms with Crippen molar-refractivity contribution in [3.63, 3.8) is 0 Å². The van der Waals surface area contributed by atoms with E-state index in [1.54, 1.807) is 32.0 Å². The summed E-state index contributed by atoms with van der Waals surface area (Å²) < 4.78 is 0. The van der Waals surface area contributed by atoms with E-state index in [9.17, 15) is 20.6 Å². The molecule has 0 fully saturated rings. The zero-order chi connectivity index (χ0) is 15.6. The molecule has 1 aromatic carbocycles. The highest BCUT2D eigenvalue weighted by Crippen LogP contribution is 2.41. The number of para-hydroxylation sites is 1. The molecule has 0 N–H and O–H groups in total. The predicted octanol–water partition coefficient (Wildman–Crippen LogP) is 3.09. The molecule has 2 atom stereocenters. The van der Waals surface area contributed by atoms with E-state index in [4.69, 9.17) is 0 Å². The Kier molecular flexibility index (Phi) is 3.82. The van der Waals surface area contributed by atoms with E-state index < -0.39 is 16.8 Å². The Hall–Kier alpha value is -2.99. The molecule has 1 unspecified atom stereocenters. The summed E-state index contributed by atoms with van der Waals surface area (Å²) >= 11 is 0. The molecule has 0 spiro atoms. The number of rotatable bonds is 2. The van der Waals surface area contributed by atoms with Crippen molar-refractivity contribution in [3.8, 4) is 12.1 Å². The lowest BCUT2D eigenvalue weighted by Crippen LogP contribution is -2.25. The van der Waals surface area contributed by atoms with Gasteiger partial charge in [-0.2, -0.15) is 10.5 Å². The third kappa shape index (κ3) is 2.39. The topological polar surface area (TPSA) is 103 Å². The molecule has 21 heavy (non-hydrogen) atoms. The fourth-order valence-corrected chi connectivity index (χ4v) is 2.60. The second kappa shape index (κ2) is 5.56. The Balaban J connectivity index is 2.72. The summed E-state index contributed by atoms with van der Waals surface area (Å²) in [4.78, 5) is 14.9. The molecule has 1 heterocycles. The standard InChI is InChI=1S/C15H12N4O2/c1-9-12(7-16)15(13(8-17)10(2)18-9)11-5-3-4-6-14(11)19(20)21/h3-6,12,15H,1-2H3/t12?,15-/m0/s1. The van der Waals surface area contributed by atoms with Crippen LogP contribution in [0.5, 0.6) is 0 Å². The van der Waals surface area contributed by atoms with Crippen LogP contribution in [0.4, 0.5) is 5.69 Å². The van der Waals surface area contributed by atoms with E-state index in [1.807, 2.05) is 0 Å². The van der Waals surface area contributed by atoms with Crippen LogP contribution in [-0.2, 0) is 0 Å². The highest BCUT2D eigenvalue weighted by Gasteiger charge is 2.37. The van der Waals surface area contributed by atoms with Gasteiger partial charge < -0.3 is 0 Å². The Morgan fingerprint density at radius 2 is 1.95 bits per heavy atom. The van der Waals surface area contributed by atoms with Crippen molar-refractivity contribution in [1.29, 1.82) is 10.5 Å². The van der Waals surface area contributed by atoms with Gasteiger partial charge in [-0.15, -0.1) is 0 Å². The molecule has 0 aromatic heterocycles. The maximum Gasteiger partial charge on any atom is 0.273 e. The van der Waals surface area contributed by atoms with Gasteiger partial charge in [0.25, 0.3) is 5.69 Å². The summed E-state index contributed by atoms with van der Waals surface area (Å²) in [6, 6.07) is 10.4. The van der Waals surface area contributed by atoms with Crippen LogP contribution in [0, 0.1) is 38.7 Å². The minimum absolute atomic E-state index is 0.0852. The summed E-state index contributed by atoms with van der Waals surface area (Å²) in [6.07, 6.45) is 0. The summed E-state index contributed by atoms with van der Waals surface area (Å²) in [5, 5.41) is 30.0. The summed E-state index contributed by atoms with van der Waals surface area (Å²) in [6.45, 7) is 3.38. The van der Waals surface area contributed by atoms with Crippen molar-refractivity contribution < 1.29 is 4.92 Å². The third-order valence-electron chi connectivity index (χ3n) is 3.56. The van der Waals surface area contributed by atoms with Gasteiger partial charge in [-0.3, -0.25) is 15.1 Å². The first-order chi connectivity index (χ1) is 10.0. The largest absolute Gasteiger partial charge is 0.273 e. The number of benzene rings is 1. The van der Waals surface area contributed by atoms with Crippen LogP contribution in [0.1, 0.15) is 25.3 Å². The molecule has 6 nitrogen and oxygen atoms in total. The van der Waals surface area contributed by atoms with Crippen molar-refractivity contribution in [1.82, 2.24) is 0 Å². The summed E-state index contributed by atoms with van der Waals surface area (Å²) in [5.41, 5.74) is 1.67. The number of nitrogens with zero attached hydrogens (tertiary/aromatic N) is 4. The fraction of sp³-hybridized carbons (Fsp3) is 0.267. The highest BCUT2D eigenvalue weighted by atomic mass is 16.6. The number of nitriles is 2. The van der Waals surface area contributed by atoms with Crippen LogP contribution >= 0.6 is 0 Å². The average Bonchev–Trinajstić information content (AvgIpc) is 2.46. The molecule has 1 aliphatic rings. The molecular formula is C15H12N4O2. The molecule has 0 aliphatic carbocycles. The second-order valence-electron chi connectivity index (χ2n) is 4.76. The predicted molar refractivity (Wildman–Crippen MR) is 76.4 cm³/mol. The number of nitro groups is 1. The van der Waals surface area contributed by atoms with Crippen molar-refractivity contribution in [2.24, 2.45) is 10.9 Å². The SMILES string of the molecule is CC1=NC(C)=C(C#N)[C@@H](c2ccccc2[N+](=O)[O-])C1C#N. The van der Waals surface area contributed by atoms with Gasteiger partial charge >= 0.3 is 0 Å². The van der Waals surface area contributed by atoms with Crippen LogP contribution in [0.15, 0.2) is 40.5 Å². The summed E-state index contributed by atoms with van der Waals surface area (Å²) in [7, 11) is 0. The highest BCUT2D eigenvalue weighted by molar-refractivity contribution is 5.90. The number of nitro benzene ring substituents is 1. The zero-order valence-corrected chi connectivity index (χ0v) is 11.6. The van der Waals surface area contributed by atoms with Crippen LogP contribution in [0.3, 0.4) is 0 Å². The molecule has 0 saturated carbocycles. The van der Waals surface area contributed by atoms with Gasteiger partial charge in [-0.25, -0.2) is 0 Å². The fourth-order valence-electron chi connectivity index (χ4n) is 2.60. The Morgan fingerprint density at radius 1 is 1.29 bits per heavy atom. The lowest BCUT2D eigenvalue weighted by molar-refractivity contribution is -0.385. The van der Waals surface area contributed by atoms with Gasteiger partial charge in [-0.1, -0.05) is 18.2 Å². The minimum Gasteiger partial charge on any atom is -0.260 e. The normalized spacial score (nSPS) is 21.2. The van der Waals surface area contributed by atoms with E-state index >= 15 is 0 Å². The number of hydrogen-bond donors (Lipinski definition) is 0. The van der Waals surface area contributed by atoms with Crippen molar-refractivity contribution in [2.75, 3.05) is 0 Å². The molecule has 0 amide bonds. The second-order valence-corrected chi connectivity index (χ2v) is 4.76. The number of allylic oxidation sites excluding steroid dienone is 2. The molecule has 0 saturated heterocycles. The quantitative estimate of drug-likeness (QED) is 0.613. The third-order valence-corrected chi connectivity index (χ3v) is 3.56. The molecule has 104 valence electrons. The van der Waals surface area contributed by atoms with Crippen molar-refractivity contribution >= 4 is 11.4 Å². The van der Waals surface area contributed by atoms with Gasteiger partial charge in [0.15, 0.2) is 0 Å². The molecule has 6 heteroatoms. The smallest absolute Gasteiger partial charge is 0.260 e. The first kappa shape index (κ1) is 14.4. The van der Waals surface area contributed by atoms with Gasteiger partial charge in [0.05, 0.1) is 34.2 Å². The van der Waals surface area contributed by atoms with E-state index in [0.717, 1.165) is 0 Å². The zero-order valence-electron chi connectivity index (χ0n) is 11.6. The van der Waals surface area contributed by atoms with E-state index in [2.05, 4.69) is 17.1 Å². The lowest BCUT2D eigenvalue weighted by atomic mass is 9.76. The minimum atomic E-state index is -0.676. The monoisotopic (exact) mass is 280 g/mol. The first-order valence-electron chi connectivity index (χ1n) is 6.30. The van der Waals surface area contributed by atoms with Crippen molar-refractivity contribution in [3.05, 3.63) is 51.2 Å². The summed E-state index contributed by atoms with van der Waals surface area (Å²) in [5.74, 6) is -1.33. The van der Waals surface area contributed by atoms with Crippen molar-refractivity contribution in [2.45, 2.75) is 19.8 Å². The van der Waals surface area contributed by atoms with Crippen LogP contribution < -0.4 is 0 Å². The van der Waals surface area contributed by atoms with E-state index in [-0.39, 0.29) is 5.69 Å². The Labute approximate surface area is 121 Å². The molecule has 0 radical (unpaired) electrons. The molecule has 2 rings (SSSR count). The number of aliphatic imine (C=N–C) groups is 1. The maximum absolute atomic E-state index is 11.2.